The second-order valence-corrected chi connectivity index (χ2v) is 7.06. The molecule has 3 rings (SSSR count). The Morgan fingerprint density at radius 2 is 2.00 bits per heavy atom. The number of amides is 1. The summed E-state index contributed by atoms with van der Waals surface area (Å²) in [6.45, 7) is 3.26. The Bertz CT molecular complexity index is 932. The molecule has 2 aromatic rings. The van der Waals surface area contributed by atoms with Crippen molar-refractivity contribution < 1.29 is 23.5 Å². The molecule has 0 unspecified atom stereocenters. The first kappa shape index (κ1) is 19.9. The molecule has 1 aromatic carbocycles. The fraction of sp³-hybridized carbons (Fsp3) is 0.476. The molecule has 1 aromatic heterocycles. The van der Waals surface area contributed by atoms with Crippen LogP contribution in [0.5, 0.6) is 5.75 Å². The molecule has 1 amide bonds. The highest BCUT2D eigenvalue weighted by Crippen LogP contribution is 2.29. The lowest BCUT2D eigenvalue weighted by Gasteiger charge is -2.13. The SMILES string of the molecule is CCC[C@@H](C)NC(=O)COC(=O)COc1ccc2c3c(c(=O)oc2c1)CCC3. The van der Waals surface area contributed by atoms with E-state index in [1.807, 2.05) is 19.9 Å². The molecule has 0 saturated carbocycles. The second kappa shape index (κ2) is 8.91. The number of hydrogen-bond acceptors (Lipinski definition) is 6. The Balaban J connectivity index is 1.54. The molecular formula is C21H25NO6. The van der Waals surface area contributed by atoms with Crippen molar-refractivity contribution in [1.29, 1.82) is 0 Å². The van der Waals surface area contributed by atoms with Crippen LogP contribution in [-0.4, -0.2) is 31.1 Å². The predicted octanol–water partition coefficient (Wildman–Crippen LogP) is 2.51. The minimum Gasteiger partial charge on any atom is -0.482 e. The maximum absolute atomic E-state index is 12.0. The van der Waals surface area contributed by atoms with E-state index < -0.39 is 5.97 Å². The third-order valence-electron chi connectivity index (χ3n) is 4.80. The van der Waals surface area contributed by atoms with Gasteiger partial charge < -0.3 is 19.2 Å². The zero-order valence-electron chi connectivity index (χ0n) is 16.2. The Morgan fingerprint density at radius 1 is 1.21 bits per heavy atom. The highest BCUT2D eigenvalue weighted by atomic mass is 16.6. The first-order valence-corrected chi connectivity index (χ1v) is 9.64. The number of carbonyl (C=O) groups is 2. The molecule has 0 saturated heterocycles. The third kappa shape index (κ3) is 4.71. The Morgan fingerprint density at radius 3 is 2.79 bits per heavy atom. The van der Waals surface area contributed by atoms with Crippen molar-refractivity contribution in [3.63, 3.8) is 0 Å². The molecule has 1 heterocycles. The number of fused-ring (bicyclic) bond motifs is 3. The summed E-state index contributed by atoms with van der Waals surface area (Å²) in [5.74, 6) is -0.587. The van der Waals surface area contributed by atoms with Gasteiger partial charge in [-0.3, -0.25) is 4.79 Å². The van der Waals surface area contributed by atoms with Crippen molar-refractivity contribution in [1.82, 2.24) is 5.32 Å². The first-order valence-electron chi connectivity index (χ1n) is 9.64. The number of hydrogen-bond donors (Lipinski definition) is 1. The summed E-state index contributed by atoms with van der Waals surface area (Å²) in [4.78, 5) is 35.6. The second-order valence-electron chi connectivity index (χ2n) is 7.06. The summed E-state index contributed by atoms with van der Waals surface area (Å²) < 4.78 is 15.7. The van der Waals surface area contributed by atoms with Crippen LogP contribution in [0.2, 0.25) is 0 Å². The van der Waals surface area contributed by atoms with Gasteiger partial charge in [-0.25, -0.2) is 9.59 Å². The van der Waals surface area contributed by atoms with Crippen molar-refractivity contribution in [2.45, 2.75) is 52.0 Å². The van der Waals surface area contributed by atoms with E-state index in [9.17, 15) is 14.4 Å². The number of benzene rings is 1. The summed E-state index contributed by atoms with van der Waals surface area (Å²) in [5, 5.41) is 3.66. The average molecular weight is 387 g/mol. The maximum atomic E-state index is 12.0. The maximum Gasteiger partial charge on any atom is 0.344 e. The minimum absolute atomic E-state index is 0.0427. The standard InChI is InChI=1S/C21H25NO6/c1-3-5-13(2)22-19(23)11-27-20(24)12-26-14-8-9-16-15-6-4-7-17(15)21(25)28-18(16)10-14/h8-10,13H,3-7,11-12H2,1-2H3,(H,22,23)/t13-/m1/s1. The quantitative estimate of drug-likeness (QED) is 0.552. The van der Waals surface area contributed by atoms with Gasteiger partial charge in [0.05, 0.1) is 0 Å². The molecular weight excluding hydrogens is 362 g/mol. The van der Waals surface area contributed by atoms with E-state index in [2.05, 4.69) is 5.32 Å². The van der Waals surface area contributed by atoms with E-state index in [0.717, 1.165) is 48.6 Å². The molecule has 7 heteroatoms. The minimum atomic E-state index is -0.645. The van der Waals surface area contributed by atoms with Crippen molar-refractivity contribution >= 4 is 22.8 Å². The molecule has 0 bridgehead atoms. The van der Waals surface area contributed by atoms with Crippen LogP contribution in [0, 0.1) is 0 Å². The Labute approximate surface area is 163 Å². The normalized spacial score (nSPS) is 13.8. The molecule has 0 radical (unpaired) electrons. The van der Waals surface area contributed by atoms with Gasteiger partial charge in [0.1, 0.15) is 11.3 Å². The summed E-state index contributed by atoms with van der Waals surface area (Å²) in [5.41, 5.74) is 1.94. The van der Waals surface area contributed by atoms with Gasteiger partial charge in [0.25, 0.3) is 5.91 Å². The van der Waals surface area contributed by atoms with Crippen molar-refractivity contribution in [2.75, 3.05) is 13.2 Å². The first-order chi connectivity index (χ1) is 13.5. The molecule has 0 spiro atoms. The van der Waals surface area contributed by atoms with Crippen LogP contribution in [0.1, 0.15) is 44.2 Å². The van der Waals surface area contributed by atoms with Crippen LogP contribution in [0.15, 0.2) is 27.4 Å². The molecule has 150 valence electrons. The highest BCUT2D eigenvalue weighted by Gasteiger charge is 2.20. The summed E-state index contributed by atoms with van der Waals surface area (Å²) >= 11 is 0. The van der Waals surface area contributed by atoms with Gasteiger partial charge in [0, 0.05) is 23.1 Å². The van der Waals surface area contributed by atoms with Crippen LogP contribution in [0.3, 0.4) is 0 Å². The molecule has 7 nitrogen and oxygen atoms in total. The number of aryl methyl sites for hydroxylation is 1. The summed E-state index contributed by atoms with van der Waals surface area (Å²) in [7, 11) is 0. The Kier molecular flexibility index (Phi) is 6.34. The predicted molar refractivity (Wildman–Crippen MR) is 103 cm³/mol. The lowest BCUT2D eigenvalue weighted by Crippen LogP contribution is -2.36. The van der Waals surface area contributed by atoms with Gasteiger partial charge in [0.2, 0.25) is 0 Å². The zero-order valence-corrected chi connectivity index (χ0v) is 16.2. The molecule has 1 aliphatic carbocycles. The lowest BCUT2D eigenvalue weighted by atomic mass is 10.1. The smallest absolute Gasteiger partial charge is 0.344 e. The number of ether oxygens (including phenoxy) is 2. The van der Waals surface area contributed by atoms with E-state index in [1.54, 1.807) is 12.1 Å². The van der Waals surface area contributed by atoms with Crippen LogP contribution in [0.4, 0.5) is 0 Å². The van der Waals surface area contributed by atoms with E-state index in [1.165, 1.54) is 0 Å². The number of esters is 1. The van der Waals surface area contributed by atoms with Crippen LogP contribution in [0.25, 0.3) is 11.0 Å². The third-order valence-corrected chi connectivity index (χ3v) is 4.80. The molecule has 1 atom stereocenters. The number of carbonyl (C=O) groups excluding carboxylic acids is 2. The zero-order chi connectivity index (χ0) is 20.1. The van der Waals surface area contributed by atoms with E-state index in [-0.39, 0.29) is 30.8 Å². The van der Waals surface area contributed by atoms with Gasteiger partial charge in [-0.05, 0) is 50.3 Å². The fourth-order valence-corrected chi connectivity index (χ4v) is 3.51. The van der Waals surface area contributed by atoms with Gasteiger partial charge in [-0.15, -0.1) is 0 Å². The topological polar surface area (TPSA) is 94.8 Å². The van der Waals surface area contributed by atoms with Crippen LogP contribution >= 0.6 is 0 Å². The molecule has 0 aliphatic heterocycles. The van der Waals surface area contributed by atoms with E-state index >= 15 is 0 Å². The average Bonchev–Trinajstić information content (AvgIpc) is 3.15. The van der Waals surface area contributed by atoms with Crippen molar-refractivity contribution in [2.24, 2.45) is 0 Å². The molecule has 0 fully saturated rings. The van der Waals surface area contributed by atoms with Gasteiger partial charge >= 0.3 is 11.6 Å². The molecule has 1 N–H and O–H groups in total. The summed E-state index contributed by atoms with van der Waals surface area (Å²) in [6, 6.07) is 5.21. The Hall–Kier alpha value is -2.83. The largest absolute Gasteiger partial charge is 0.482 e. The van der Waals surface area contributed by atoms with Gasteiger partial charge in [0.15, 0.2) is 13.2 Å². The lowest BCUT2D eigenvalue weighted by molar-refractivity contribution is -0.150. The highest BCUT2D eigenvalue weighted by molar-refractivity contribution is 5.83. The monoisotopic (exact) mass is 387 g/mol. The molecule has 1 aliphatic rings. The van der Waals surface area contributed by atoms with Crippen LogP contribution in [-0.2, 0) is 27.2 Å². The number of nitrogens with one attached hydrogen (secondary N) is 1. The van der Waals surface area contributed by atoms with E-state index in [4.69, 9.17) is 13.9 Å². The fourth-order valence-electron chi connectivity index (χ4n) is 3.51. The summed E-state index contributed by atoms with van der Waals surface area (Å²) in [6.07, 6.45) is 4.40. The van der Waals surface area contributed by atoms with Gasteiger partial charge in [-0.1, -0.05) is 13.3 Å². The van der Waals surface area contributed by atoms with Crippen molar-refractivity contribution in [3.05, 3.63) is 39.7 Å². The number of rotatable bonds is 8. The van der Waals surface area contributed by atoms with Gasteiger partial charge in [-0.2, -0.15) is 0 Å². The molecule has 28 heavy (non-hydrogen) atoms. The van der Waals surface area contributed by atoms with Crippen LogP contribution < -0.4 is 15.7 Å². The van der Waals surface area contributed by atoms with E-state index in [0.29, 0.717) is 11.3 Å². The van der Waals surface area contributed by atoms with Crippen molar-refractivity contribution in [3.8, 4) is 5.75 Å².